The first kappa shape index (κ1) is 12.6. The zero-order valence-corrected chi connectivity index (χ0v) is 10.7. The van der Waals surface area contributed by atoms with Crippen LogP contribution in [0, 0.1) is 11.8 Å². The van der Waals surface area contributed by atoms with Crippen LogP contribution in [0.4, 0.5) is 0 Å². The van der Waals surface area contributed by atoms with E-state index in [4.69, 9.17) is 14.2 Å². The Balaban J connectivity index is 1.84. The fraction of sp³-hybridized carbons (Fsp3) is 0.846. The zero-order chi connectivity index (χ0) is 12.9. The molecule has 0 spiro atoms. The Morgan fingerprint density at radius 3 is 2.89 bits per heavy atom. The second-order valence-electron chi connectivity index (χ2n) is 5.74. The quantitative estimate of drug-likeness (QED) is 0.649. The number of aliphatic hydroxyl groups is 2. The van der Waals surface area contributed by atoms with E-state index in [2.05, 4.69) is 0 Å². The summed E-state index contributed by atoms with van der Waals surface area (Å²) in [6.45, 7) is 4.71. The Kier molecular flexibility index (Phi) is 2.99. The second-order valence-corrected chi connectivity index (χ2v) is 5.74. The normalized spacial score (nSPS) is 46.2. The molecule has 2 heterocycles. The summed E-state index contributed by atoms with van der Waals surface area (Å²) < 4.78 is 17.3. The van der Waals surface area contributed by atoms with E-state index in [1.54, 1.807) is 6.08 Å². The molecule has 0 radical (unpaired) electrons. The van der Waals surface area contributed by atoms with Gasteiger partial charge in [-0.15, -0.1) is 0 Å². The third-order valence-electron chi connectivity index (χ3n) is 4.15. The molecule has 5 nitrogen and oxygen atoms in total. The Bertz CT molecular complexity index is 364. The predicted octanol–water partition coefficient (Wildman–Crippen LogP) is 0.0623. The van der Waals surface area contributed by atoms with Crippen LogP contribution in [0.3, 0.4) is 0 Å². The maximum atomic E-state index is 10.2. The highest BCUT2D eigenvalue weighted by atomic mass is 16.7. The highest BCUT2D eigenvalue weighted by molar-refractivity contribution is 5.23. The van der Waals surface area contributed by atoms with Crippen molar-refractivity contribution in [3.05, 3.63) is 11.6 Å². The minimum absolute atomic E-state index is 0.0289. The fourth-order valence-corrected chi connectivity index (χ4v) is 3.26. The van der Waals surface area contributed by atoms with Crippen molar-refractivity contribution in [1.29, 1.82) is 0 Å². The van der Waals surface area contributed by atoms with Gasteiger partial charge in [0.05, 0.1) is 32.0 Å². The first-order valence-electron chi connectivity index (χ1n) is 6.45. The van der Waals surface area contributed by atoms with Crippen LogP contribution < -0.4 is 0 Å². The largest absolute Gasteiger partial charge is 0.392 e. The van der Waals surface area contributed by atoms with E-state index in [0.717, 1.165) is 5.57 Å². The van der Waals surface area contributed by atoms with E-state index in [-0.39, 0.29) is 30.7 Å². The first-order chi connectivity index (χ1) is 8.52. The highest BCUT2D eigenvalue weighted by Crippen LogP contribution is 2.43. The summed E-state index contributed by atoms with van der Waals surface area (Å²) in [6.07, 6.45) is 0.873. The van der Waals surface area contributed by atoms with E-state index in [0.29, 0.717) is 13.2 Å². The van der Waals surface area contributed by atoms with Crippen molar-refractivity contribution >= 4 is 0 Å². The molecule has 0 aromatic heterocycles. The molecule has 2 N–H and O–H groups in total. The van der Waals surface area contributed by atoms with Gasteiger partial charge < -0.3 is 24.4 Å². The third-order valence-corrected chi connectivity index (χ3v) is 4.15. The molecule has 0 aromatic rings. The van der Waals surface area contributed by atoms with Crippen LogP contribution in [0.25, 0.3) is 0 Å². The molecule has 1 aliphatic carbocycles. The van der Waals surface area contributed by atoms with Gasteiger partial charge in [0.25, 0.3) is 0 Å². The maximum Gasteiger partial charge on any atom is 0.163 e. The molecule has 0 amide bonds. The molecule has 2 saturated heterocycles. The Labute approximate surface area is 106 Å². The number of hydrogen-bond acceptors (Lipinski definition) is 5. The Morgan fingerprint density at radius 1 is 1.39 bits per heavy atom. The molecule has 5 heteroatoms. The van der Waals surface area contributed by atoms with Crippen LogP contribution in [0.15, 0.2) is 11.6 Å². The van der Waals surface area contributed by atoms with Gasteiger partial charge in [0.15, 0.2) is 5.79 Å². The Hall–Kier alpha value is -0.460. The van der Waals surface area contributed by atoms with Crippen LogP contribution in [0.1, 0.15) is 13.8 Å². The lowest BCUT2D eigenvalue weighted by atomic mass is 9.81. The molecule has 2 fully saturated rings. The van der Waals surface area contributed by atoms with Gasteiger partial charge in [-0.3, -0.25) is 0 Å². The van der Waals surface area contributed by atoms with Crippen LogP contribution >= 0.6 is 0 Å². The van der Waals surface area contributed by atoms with Crippen molar-refractivity contribution in [3.8, 4) is 0 Å². The van der Waals surface area contributed by atoms with Crippen molar-refractivity contribution in [2.75, 3.05) is 19.8 Å². The topological polar surface area (TPSA) is 68.2 Å². The van der Waals surface area contributed by atoms with Crippen LogP contribution in [0.2, 0.25) is 0 Å². The lowest BCUT2D eigenvalue weighted by Gasteiger charge is -2.48. The summed E-state index contributed by atoms with van der Waals surface area (Å²) in [5, 5.41) is 19.5. The number of rotatable bonds is 1. The lowest BCUT2D eigenvalue weighted by Crippen LogP contribution is -2.58. The molecule has 5 atom stereocenters. The summed E-state index contributed by atoms with van der Waals surface area (Å²) in [5.74, 6) is -0.622. The zero-order valence-electron chi connectivity index (χ0n) is 10.7. The van der Waals surface area contributed by atoms with Gasteiger partial charge in [-0.25, -0.2) is 0 Å². The maximum absolute atomic E-state index is 10.2. The van der Waals surface area contributed by atoms with E-state index < -0.39 is 11.9 Å². The summed E-state index contributed by atoms with van der Waals surface area (Å²) in [4.78, 5) is 0. The number of fused-ring (bicyclic) bond motifs is 3. The minimum Gasteiger partial charge on any atom is -0.392 e. The standard InChI is InChI=1S/C13H20O5/c1-13(2)17-6-10-12(18-13)11-8(5-16-10)7(4-14)3-9(11)15/h3,8-12,14-15H,4-6H2,1-2H3/t8-,9+,10-,11-,12-/m1/s1. The van der Waals surface area contributed by atoms with E-state index in [1.165, 1.54) is 0 Å². The van der Waals surface area contributed by atoms with Crippen molar-refractivity contribution < 1.29 is 24.4 Å². The molecule has 0 aromatic carbocycles. The minimum atomic E-state index is -0.645. The smallest absolute Gasteiger partial charge is 0.163 e. The van der Waals surface area contributed by atoms with Crippen LogP contribution in [-0.4, -0.2) is 54.1 Å². The fourth-order valence-electron chi connectivity index (χ4n) is 3.26. The molecule has 3 rings (SSSR count). The number of ether oxygens (including phenoxy) is 3. The van der Waals surface area contributed by atoms with Gasteiger partial charge in [0.1, 0.15) is 6.10 Å². The predicted molar refractivity (Wildman–Crippen MR) is 62.8 cm³/mol. The van der Waals surface area contributed by atoms with Gasteiger partial charge in [-0.2, -0.15) is 0 Å². The molecule has 18 heavy (non-hydrogen) atoms. The van der Waals surface area contributed by atoms with E-state index in [9.17, 15) is 10.2 Å². The number of hydrogen-bond donors (Lipinski definition) is 2. The Morgan fingerprint density at radius 2 is 2.17 bits per heavy atom. The summed E-state index contributed by atoms with van der Waals surface area (Å²) >= 11 is 0. The van der Waals surface area contributed by atoms with Crippen molar-refractivity contribution in [1.82, 2.24) is 0 Å². The summed E-state index contributed by atoms with van der Waals surface area (Å²) in [6, 6.07) is 0. The molecule has 3 aliphatic rings. The van der Waals surface area contributed by atoms with Gasteiger partial charge in [0, 0.05) is 11.8 Å². The molecule has 0 bridgehead atoms. The van der Waals surface area contributed by atoms with E-state index >= 15 is 0 Å². The van der Waals surface area contributed by atoms with Crippen LogP contribution in [-0.2, 0) is 14.2 Å². The third kappa shape index (κ3) is 1.90. The van der Waals surface area contributed by atoms with E-state index in [1.807, 2.05) is 13.8 Å². The van der Waals surface area contributed by atoms with Crippen molar-refractivity contribution in [2.45, 2.75) is 37.9 Å². The molecule has 2 aliphatic heterocycles. The van der Waals surface area contributed by atoms with Crippen LogP contribution in [0.5, 0.6) is 0 Å². The molecular formula is C13H20O5. The average molecular weight is 256 g/mol. The second kappa shape index (κ2) is 4.28. The summed E-state index contributed by atoms with van der Waals surface area (Å²) in [7, 11) is 0. The molecule has 0 saturated carbocycles. The van der Waals surface area contributed by atoms with Crippen molar-refractivity contribution in [2.24, 2.45) is 11.8 Å². The monoisotopic (exact) mass is 256 g/mol. The van der Waals surface area contributed by atoms with Gasteiger partial charge in [-0.05, 0) is 19.4 Å². The molecule has 102 valence electrons. The lowest BCUT2D eigenvalue weighted by molar-refractivity contribution is -0.338. The number of aliphatic hydroxyl groups excluding tert-OH is 2. The van der Waals surface area contributed by atoms with Gasteiger partial charge >= 0.3 is 0 Å². The summed E-state index contributed by atoms with van der Waals surface area (Å²) in [5.41, 5.74) is 0.860. The van der Waals surface area contributed by atoms with Crippen molar-refractivity contribution in [3.63, 3.8) is 0 Å². The highest BCUT2D eigenvalue weighted by Gasteiger charge is 2.52. The molecule has 0 unspecified atom stereocenters. The average Bonchev–Trinajstić information content (AvgIpc) is 2.65. The SMILES string of the molecule is CC1(C)OC[C@H]2OC[C@@H]3C(CO)=C[C@H](O)[C@@H]3[C@@H]2O1. The van der Waals surface area contributed by atoms with Gasteiger partial charge in [0.2, 0.25) is 0 Å². The van der Waals surface area contributed by atoms with Gasteiger partial charge in [-0.1, -0.05) is 6.08 Å². The molecular weight excluding hydrogens is 236 g/mol. The first-order valence-corrected chi connectivity index (χ1v) is 6.45.